The van der Waals surface area contributed by atoms with Crippen LogP contribution < -0.4 is 9.47 Å². The molecule has 0 aromatic heterocycles. The van der Waals surface area contributed by atoms with Gasteiger partial charge >= 0.3 is 11.9 Å². The molecule has 0 amide bonds. The van der Waals surface area contributed by atoms with Crippen molar-refractivity contribution < 1.29 is 28.5 Å². The van der Waals surface area contributed by atoms with Crippen LogP contribution in [0, 0.1) is 17.8 Å². The van der Waals surface area contributed by atoms with Gasteiger partial charge in [0.05, 0.1) is 32.0 Å². The lowest BCUT2D eigenvalue weighted by atomic mass is 9.87. The maximum atomic E-state index is 12.9. The molecule has 0 spiro atoms. The molecular weight excluding hydrogens is 420 g/mol. The average Bonchev–Trinajstić information content (AvgIpc) is 2.82. The summed E-state index contributed by atoms with van der Waals surface area (Å²) in [5.41, 5.74) is 0.912. The van der Waals surface area contributed by atoms with Crippen LogP contribution in [0.5, 0.6) is 11.5 Å². The van der Waals surface area contributed by atoms with Crippen molar-refractivity contribution in [2.75, 3.05) is 20.8 Å². The van der Waals surface area contributed by atoms with Crippen LogP contribution in [0.4, 0.5) is 0 Å². The molecule has 0 aliphatic heterocycles. The minimum Gasteiger partial charge on any atom is -0.497 e. The second kappa shape index (κ2) is 12.9. The van der Waals surface area contributed by atoms with Gasteiger partial charge < -0.3 is 18.9 Å². The van der Waals surface area contributed by atoms with Crippen molar-refractivity contribution in [3.63, 3.8) is 0 Å². The van der Waals surface area contributed by atoms with E-state index in [1.807, 2.05) is 0 Å². The Kier molecular flexibility index (Phi) is 10.2. The Morgan fingerprint density at radius 3 is 1.64 bits per heavy atom. The first-order valence-electron chi connectivity index (χ1n) is 11.4. The molecule has 2 aromatic rings. The summed E-state index contributed by atoms with van der Waals surface area (Å²) < 4.78 is 21.9. The van der Waals surface area contributed by atoms with Gasteiger partial charge in [0.25, 0.3) is 0 Å². The topological polar surface area (TPSA) is 71.1 Å². The molecule has 2 aromatic carbocycles. The highest BCUT2D eigenvalue weighted by Crippen LogP contribution is 2.26. The Morgan fingerprint density at radius 2 is 1.21 bits per heavy atom. The predicted octanol–water partition coefficient (Wildman–Crippen LogP) is 5.79. The molecule has 0 aliphatic carbocycles. The summed E-state index contributed by atoms with van der Waals surface area (Å²) in [4.78, 5) is 25.4. The third-order valence-corrected chi connectivity index (χ3v) is 5.68. The van der Waals surface area contributed by atoms with Gasteiger partial charge in [-0.2, -0.15) is 0 Å². The van der Waals surface area contributed by atoms with Crippen LogP contribution in [0.25, 0.3) is 0 Å². The van der Waals surface area contributed by atoms with Gasteiger partial charge in [0.2, 0.25) is 0 Å². The largest absolute Gasteiger partial charge is 0.497 e. The van der Waals surface area contributed by atoms with Crippen LogP contribution in [0.1, 0.15) is 61.3 Å². The molecule has 2 rings (SSSR count). The van der Waals surface area contributed by atoms with E-state index in [1.54, 1.807) is 62.8 Å². The van der Waals surface area contributed by atoms with Gasteiger partial charge in [0.15, 0.2) is 0 Å². The second-order valence-corrected chi connectivity index (χ2v) is 8.88. The van der Waals surface area contributed by atoms with Crippen LogP contribution >= 0.6 is 0 Å². The summed E-state index contributed by atoms with van der Waals surface area (Å²) >= 11 is 0. The Bertz CT molecular complexity index is 870. The van der Waals surface area contributed by atoms with E-state index in [9.17, 15) is 9.59 Å². The monoisotopic (exact) mass is 456 g/mol. The number of hydrogen-bond donors (Lipinski definition) is 0. The quantitative estimate of drug-likeness (QED) is 0.376. The molecule has 6 heteroatoms. The van der Waals surface area contributed by atoms with Gasteiger partial charge in [-0.05, 0) is 73.2 Å². The zero-order chi connectivity index (χ0) is 24.4. The van der Waals surface area contributed by atoms with Crippen molar-refractivity contribution >= 4 is 11.9 Å². The molecule has 0 bridgehead atoms. The van der Waals surface area contributed by atoms with E-state index < -0.39 is 11.9 Å². The van der Waals surface area contributed by atoms with Gasteiger partial charge in [-0.1, -0.05) is 27.7 Å². The van der Waals surface area contributed by atoms with Gasteiger partial charge in [0.1, 0.15) is 17.6 Å². The van der Waals surface area contributed by atoms with Crippen molar-refractivity contribution in [1.29, 1.82) is 0 Å². The van der Waals surface area contributed by atoms with E-state index >= 15 is 0 Å². The number of ether oxygens (including phenoxy) is 4. The van der Waals surface area contributed by atoms with E-state index in [2.05, 4.69) is 27.7 Å². The molecule has 2 unspecified atom stereocenters. The first-order valence-corrected chi connectivity index (χ1v) is 11.4. The average molecular weight is 457 g/mol. The lowest BCUT2D eigenvalue weighted by molar-refractivity contribution is -0.0192. The Balaban J connectivity index is 2.12. The highest BCUT2D eigenvalue weighted by molar-refractivity contribution is 5.90. The molecule has 0 saturated heterocycles. The fourth-order valence-corrected chi connectivity index (χ4v) is 3.50. The standard InChI is InChI=1S/C27H36O6/c1-18(2)7-16-25(33-27(29)21-10-14-23(31-6)15-11-21)24(19(3)4)17-32-26(28)20-8-12-22(30-5)13-9-20/h8-15,18-19,24-25H,7,16-17H2,1-6H3. The zero-order valence-corrected chi connectivity index (χ0v) is 20.5. The number of carbonyl (C=O) groups excluding carboxylic acids is 2. The number of benzene rings is 2. The van der Waals surface area contributed by atoms with E-state index in [0.29, 0.717) is 35.0 Å². The molecule has 0 saturated carbocycles. The van der Waals surface area contributed by atoms with Gasteiger partial charge in [0, 0.05) is 5.92 Å². The fraction of sp³-hybridized carbons (Fsp3) is 0.481. The molecule has 0 heterocycles. The van der Waals surface area contributed by atoms with Crippen molar-refractivity contribution in [3.8, 4) is 11.5 Å². The smallest absolute Gasteiger partial charge is 0.338 e. The van der Waals surface area contributed by atoms with Gasteiger partial charge in [-0.25, -0.2) is 9.59 Å². The lowest BCUT2D eigenvalue weighted by Gasteiger charge is -2.30. The van der Waals surface area contributed by atoms with E-state index in [1.165, 1.54) is 0 Å². The molecule has 0 N–H and O–H groups in total. The minimum atomic E-state index is -0.410. The summed E-state index contributed by atoms with van der Waals surface area (Å²) in [6.45, 7) is 8.54. The van der Waals surface area contributed by atoms with Crippen LogP contribution in [0.15, 0.2) is 48.5 Å². The van der Waals surface area contributed by atoms with Crippen LogP contribution in [-0.4, -0.2) is 38.9 Å². The molecule has 0 fully saturated rings. The predicted molar refractivity (Wildman–Crippen MR) is 128 cm³/mol. The number of esters is 2. The first kappa shape index (κ1) is 26.2. The normalized spacial score (nSPS) is 12.8. The maximum absolute atomic E-state index is 12.9. The van der Waals surface area contributed by atoms with Crippen molar-refractivity contribution in [1.82, 2.24) is 0 Å². The fourth-order valence-electron chi connectivity index (χ4n) is 3.50. The zero-order valence-electron chi connectivity index (χ0n) is 20.5. The van der Waals surface area contributed by atoms with Gasteiger partial charge in [-0.15, -0.1) is 0 Å². The SMILES string of the molecule is COc1ccc(C(=O)OCC(C(C)C)C(CCC(C)C)OC(=O)c2ccc(OC)cc2)cc1. The number of rotatable bonds is 12. The summed E-state index contributed by atoms with van der Waals surface area (Å²) in [5.74, 6) is 1.02. The van der Waals surface area contributed by atoms with Crippen molar-refractivity contribution in [2.24, 2.45) is 17.8 Å². The highest BCUT2D eigenvalue weighted by atomic mass is 16.6. The highest BCUT2D eigenvalue weighted by Gasteiger charge is 2.30. The summed E-state index contributed by atoms with van der Waals surface area (Å²) in [5, 5.41) is 0. The van der Waals surface area contributed by atoms with E-state index in [-0.39, 0.29) is 24.5 Å². The number of carbonyl (C=O) groups is 2. The van der Waals surface area contributed by atoms with Crippen molar-refractivity contribution in [2.45, 2.75) is 46.6 Å². The summed E-state index contributed by atoms with van der Waals surface area (Å²) in [6, 6.07) is 13.6. The maximum Gasteiger partial charge on any atom is 0.338 e. The summed E-state index contributed by atoms with van der Waals surface area (Å²) in [7, 11) is 3.15. The third kappa shape index (κ3) is 8.12. The van der Waals surface area contributed by atoms with Gasteiger partial charge in [-0.3, -0.25) is 0 Å². The second-order valence-electron chi connectivity index (χ2n) is 8.88. The van der Waals surface area contributed by atoms with Crippen molar-refractivity contribution in [3.05, 3.63) is 59.7 Å². The van der Waals surface area contributed by atoms with E-state index in [0.717, 1.165) is 6.42 Å². The molecular formula is C27H36O6. The lowest BCUT2D eigenvalue weighted by Crippen LogP contribution is -2.35. The third-order valence-electron chi connectivity index (χ3n) is 5.68. The van der Waals surface area contributed by atoms with Crippen LogP contribution in [0.3, 0.4) is 0 Å². The molecule has 6 nitrogen and oxygen atoms in total. The minimum absolute atomic E-state index is 0.131. The molecule has 0 radical (unpaired) electrons. The molecule has 33 heavy (non-hydrogen) atoms. The molecule has 2 atom stereocenters. The first-order chi connectivity index (χ1) is 15.7. The van der Waals surface area contributed by atoms with Crippen LogP contribution in [-0.2, 0) is 9.47 Å². The van der Waals surface area contributed by atoms with Crippen LogP contribution in [0.2, 0.25) is 0 Å². The summed E-state index contributed by atoms with van der Waals surface area (Å²) in [6.07, 6.45) is 1.23. The Hall–Kier alpha value is -3.02. The van der Waals surface area contributed by atoms with E-state index in [4.69, 9.17) is 18.9 Å². The number of methoxy groups -OCH3 is 2. The molecule has 180 valence electrons. The Labute approximate surface area is 197 Å². The molecule has 0 aliphatic rings. The number of hydrogen-bond acceptors (Lipinski definition) is 6. The Morgan fingerprint density at radius 1 is 0.727 bits per heavy atom.